The average Bonchev–Trinajstić information content (AvgIpc) is 3.32. The number of fused-ring (bicyclic) bond motifs is 1. The maximum absolute atomic E-state index is 13.0. The Morgan fingerprint density at radius 1 is 1.32 bits per heavy atom. The van der Waals surface area contributed by atoms with E-state index in [9.17, 15) is 9.59 Å². The summed E-state index contributed by atoms with van der Waals surface area (Å²) in [7, 11) is 0. The van der Waals surface area contributed by atoms with Crippen LogP contribution in [-0.2, 0) is 6.54 Å². The largest absolute Gasteiger partial charge is 0.335 e. The Morgan fingerprint density at radius 2 is 2.24 bits per heavy atom. The first-order chi connectivity index (χ1) is 12.2. The predicted octanol–water partition coefficient (Wildman–Crippen LogP) is 2.04. The summed E-state index contributed by atoms with van der Waals surface area (Å²) in [6.07, 6.45) is 10.6. The minimum Gasteiger partial charge on any atom is -0.335 e. The van der Waals surface area contributed by atoms with E-state index in [1.165, 1.54) is 21.9 Å². The highest BCUT2D eigenvalue weighted by Gasteiger charge is 2.29. The number of thiazole rings is 1. The Bertz CT molecular complexity index is 930. The van der Waals surface area contributed by atoms with Crippen LogP contribution in [0.15, 0.2) is 41.0 Å². The smallest absolute Gasteiger partial charge is 0.271 e. The highest BCUT2D eigenvalue weighted by Crippen LogP contribution is 2.22. The van der Waals surface area contributed by atoms with Crippen LogP contribution >= 0.6 is 11.3 Å². The Hall–Kier alpha value is -2.48. The molecular formula is C17H19N5O2S. The zero-order chi connectivity index (χ0) is 17.2. The number of carbonyl (C=O) groups excluding carboxylic acids is 1. The lowest BCUT2D eigenvalue weighted by Gasteiger charge is -2.35. The van der Waals surface area contributed by atoms with Gasteiger partial charge in [0.1, 0.15) is 5.56 Å². The van der Waals surface area contributed by atoms with Crippen molar-refractivity contribution in [2.45, 2.75) is 38.3 Å². The summed E-state index contributed by atoms with van der Waals surface area (Å²) in [4.78, 5) is 32.3. The fraction of sp³-hybridized carbons (Fsp3) is 0.412. The summed E-state index contributed by atoms with van der Waals surface area (Å²) in [6.45, 7) is 1.45. The van der Waals surface area contributed by atoms with E-state index in [0.29, 0.717) is 11.5 Å². The van der Waals surface area contributed by atoms with Crippen molar-refractivity contribution in [2.75, 3.05) is 6.54 Å². The highest BCUT2D eigenvalue weighted by atomic mass is 32.1. The minimum atomic E-state index is -0.285. The Kier molecular flexibility index (Phi) is 4.35. The number of aryl methyl sites for hydroxylation is 1. The van der Waals surface area contributed by atoms with Crippen LogP contribution in [0.5, 0.6) is 0 Å². The van der Waals surface area contributed by atoms with Crippen molar-refractivity contribution in [1.29, 1.82) is 0 Å². The van der Waals surface area contributed by atoms with Gasteiger partial charge in [0, 0.05) is 49.3 Å². The molecule has 7 nitrogen and oxygen atoms in total. The topological polar surface area (TPSA) is 72.5 Å². The van der Waals surface area contributed by atoms with E-state index < -0.39 is 0 Å². The van der Waals surface area contributed by atoms with Crippen LogP contribution in [0.1, 0.15) is 36.0 Å². The third-order valence-electron chi connectivity index (χ3n) is 4.71. The molecule has 1 fully saturated rings. The summed E-state index contributed by atoms with van der Waals surface area (Å²) in [5, 5.41) is 6.02. The first kappa shape index (κ1) is 16.0. The van der Waals surface area contributed by atoms with Crippen molar-refractivity contribution in [1.82, 2.24) is 24.1 Å². The van der Waals surface area contributed by atoms with Crippen LogP contribution in [0.4, 0.5) is 0 Å². The Balaban J connectivity index is 1.57. The molecule has 3 aromatic rings. The van der Waals surface area contributed by atoms with Crippen molar-refractivity contribution < 1.29 is 4.79 Å². The maximum atomic E-state index is 13.0. The number of carbonyl (C=O) groups is 1. The number of piperidine rings is 1. The molecule has 1 saturated heterocycles. The van der Waals surface area contributed by atoms with Gasteiger partial charge in [-0.3, -0.25) is 18.7 Å². The molecule has 4 heterocycles. The fourth-order valence-electron chi connectivity index (χ4n) is 3.41. The molecule has 1 aliphatic heterocycles. The van der Waals surface area contributed by atoms with Crippen LogP contribution in [0, 0.1) is 0 Å². The van der Waals surface area contributed by atoms with Crippen molar-refractivity contribution in [2.24, 2.45) is 0 Å². The highest BCUT2D eigenvalue weighted by molar-refractivity contribution is 7.15. The van der Waals surface area contributed by atoms with Crippen LogP contribution in [0.2, 0.25) is 0 Å². The molecule has 1 aliphatic rings. The number of hydrogen-bond donors (Lipinski definition) is 0. The van der Waals surface area contributed by atoms with Gasteiger partial charge in [0.15, 0.2) is 4.96 Å². The molecule has 8 heteroatoms. The van der Waals surface area contributed by atoms with E-state index in [2.05, 4.69) is 10.1 Å². The molecule has 0 aliphatic carbocycles. The number of rotatable bonds is 4. The number of likely N-dealkylation sites (tertiary alicyclic amines) is 1. The lowest BCUT2D eigenvalue weighted by molar-refractivity contribution is 0.0591. The average molecular weight is 357 g/mol. The quantitative estimate of drug-likeness (QED) is 0.716. The molecule has 0 N–H and O–H groups in total. The van der Waals surface area contributed by atoms with Gasteiger partial charge < -0.3 is 4.90 Å². The molecule has 1 amide bonds. The first-order valence-corrected chi connectivity index (χ1v) is 9.35. The molecule has 4 rings (SSSR count). The van der Waals surface area contributed by atoms with E-state index in [0.717, 1.165) is 32.2 Å². The number of aromatic nitrogens is 4. The van der Waals surface area contributed by atoms with Crippen molar-refractivity contribution in [3.05, 3.63) is 52.2 Å². The van der Waals surface area contributed by atoms with Crippen LogP contribution in [0.3, 0.4) is 0 Å². The molecule has 1 unspecified atom stereocenters. The zero-order valence-corrected chi connectivity index (χ0v) is 14.6. The number of hydrogen-bond acceptors (Lipinski definition) is 5. The monoisotopic (exact) mass is 357 g/mol. The summed E-state index contributed by atoms with van der Waals surface area (Å²) < 4.78 is 3.33. The van der Waals surface area contributed by atoms with Crippen LogP contribution < -0.4 is 5.56 Å². The summed E-state index contributed by atoms with van der Waals surface area (Å²) in [5.41, 5.74) is -0.130. The molecule has 0 spiro atoms. The minimum absolute atomic E-state index is 0.132. The number of amides is 1. The van der Waals surface area contributed by atoms with Gasteiger partial charge in [0.2, 0.25) is 0 Å². The van der Waals surface area contributed by atoms with E-state index in [1.54, 1.807) is 17.8 Å². The van der Waals surface area contributed by atoms with Crippen molar-refractivity contribution in [3.63, 3.8) is 0 Å². The first-order valence-electron chi connectivity index (χ1n) is 8.47. The molecule has 1 atom stereocenters. The van der Waals surface area contributed by atoms with Gasteiger partial charge in [0.05, 0.1) is 0 Å². The molecule has 0 bridgehead atoms. The molecular weight excluding hydrogens is 338 g/mol. The van der Waals surface area contributed by atoms with E-state index in [1.807, 2.05) is 21.8 Å². The molecule has 130 valence electrons. The van der Waals surface area contributed by atoms with E-state index in [4.69, 9.17) is 0 Å². The van der Waals surface area contributed by atoms with Gasteiger partial charge in [-0.25, -0.2) is 4.98 Å². The molecule has 0 radical (unpaired) electrons. The maximum Gasteiger partial charge on any atom is 0.271 e. The van der Waals surface area contributed by atoms with Gasteiger partial charge in [-0.1, -0.05) is 0 Å². The second-order valence-electron chi connectivity index (χ2n) is 6.24. The summed E-state index contributed by atoms with van der Waals surface area (Å²) >= 11 is 1.38. The Labute approximate surface area is 148 Å². The van der Waals surface area contributed by atoms with Gasteiger partial charge in [0.25, 0.3) is 11.5 Å². The molecule has 0 aromatic carbocycles. The third kappa shape index (κ3) is 3.09. The molecule has 25 heavy (non-hydrogen) atoms. The molecule has 0 saturated carbocycles. The van der Waals surface area contributed by atoms with Gasteiger partial charge >= 0.3 is 0 Å². The third-order valence-corrected chi connectivity index (χ3v) is 5.48. The van der Waals surface area contributed by atoms with E-state index >= 15 is 0 Å². The van der Waals surface area contributed by atoms with Crippen LogP contribution in [0.25, 0.3) is 4.96 Å². The zero-order valence-electron chi connectivity index (χ0n) is 13.7. The summed E-state index contributed by atoms with van der Waals surface area (Å²) in [6, 6.07) is 2.03. The van der Waals surface area contributed by atoms with Gasteiger partial charge in [-0.2, -0.15) is 5.10 Å². The second kappa shape index (κ2) is 6.79. The summed E-state index contributed by atoms with van der Waals surface area (Å²) in [5.74, 6) is -0.205. The lowest BCUT2D eigenvalue weighted by atomic mass is 9.98. The van der Waals surface area contributed by atoms with Gasteiger partial charge in [-0.05, 0) is 31.7 Å². The van der Waals surface area contributed by atoms with E-state index in [-0.39, 0.29) is 23.1 Å². The number of nitrogens with zero attached hydrogens (tertiary/aromatic N) is 5. The Morgan fingerprint density at radius 3 is 3.08 bits per heavy atom. The normalized spacial score (nSPS) is 17.9. The molecule has 3 aromatic heterocycles. The van der Waals surface area contributed by atoms with Gasteiger partial charge in [-0.15, -0.1) is 11.3 Å². The van der Waals surface area contributed by atoms with Crippen molar-refractivity contribution >= 4 is 22.2 Å². The second-order valence-corrected chi connectivity index (χ2v) is 7.11. The van der Waals surface area contributed by atoms with Crippen LogP contribution in [-0.4, -0.2) is 42.6 Å². The predicted molar refractivity (Wildman–Crippen MR) is 94.9 cm³/mol. The SMILES string of the molecule is O=C(c1cnc2sccn2c1=O)N1CCCCC1CCn1cccn1. The van der Waals surface area contributed by atoms with Crippen molar-refractivity contribution in [3.8, 4) is 0 Å². The fourth-order valence-corrected chi connectivity index (χ4v) is 4.08. The lowest BCUT2D eigenvalue weighted by Crippen LogP contribution is -2.46. The standard InChI is InChI=1S/C17H19N5O2S/c23-15(14-12-18-17-22(16(14)24)10-11-25-17)21-8-2-1-4-13(21)5-9-20-7-3-6-19-20/h3,6-7,10-13H,1-2,4-5,8-9H2.